The molecular weight excluding hydrogens is 207 g/mol. The summed E-state index contributed by atoms with van der Waals surface area (Å²) in [5.41, 5.74) is 2.08. The van der Waals surface area contributed by atoms with Gasteiger partial charge < -0.3 is 0 Å². The fourth-order valence-electron chi connectivity index (χ4n) is 1.47. The number of H-pyrrole nitrogens is 1. The number of nitrogens with zero attached hydrogens (tertiary/aromatic N) is 1. The van der Waals surface area contributed by atoms with E-state index in [1.54, 1.807) is 18.2 Å². The highest BCUT2D eigenvalue weighted by Gasteiger charge is 2.10. The van der Waals surface area contributed by atoms with Crippen LogP contribution in [0.25, 0.3) is 11.3 Å². The van der Waals surface area contributed by atoms with Crippen molar-refractivity contribution in [3.05, 3.63) is 41.3 Å². The van der Waals surface area contributed by atoms with E-state index in [1.807, 2.05) is 6.92 Å². The minimum absolute atomic E-state index is 0.119. The first-order valence-electron chi connectivity index (χ1n) is 4.91. The second-order valence-corrected chi connectivity index (χ2v) is 3.71. The lowest BCUT2D eigenvalue weighted by Gasteiger charge is -1.99. The van der Waals surface area contributed by atoms with Crippen molar-refractivity contribution in [2.45, 2.75) is 13.8 Å². The fraction of sp³-hybridized carbons (Fsp3) is 0.167. The van der Waals surface area contributed by atoms with Crippen molar-refractivity contribution in [2.24, 2.45) is 0 Å². The topological polar surface area (TPSA) is 45.8 Å². The van der Waals surface area contributed by atoms with Gasteiger partial charge in [0.15, 0.2) is 5.78 Å². The molecule has 1 N–H and O–H groups in total. The second kappa shape index (κ2) is 3.89. The van der Waals surface area contributed by atoms with Gasteiger partial charge in [0, 0.05) is 12.5 Å². The molecule has 0 amide bonds. The molecule has 4 heteroatoms. The predicted octanol–water partition coefficient (Wildman–Crippen LogP) is 2.73. The first-order valence-corrected chi connectivity index (χ1v) is 4.91. The van der Waals surface area contributed by atoms with Gasteiger partial charge in [-0.25, -0.2) is 4.39 Å². The third-order valence-corrected chi connectivity index (χ3v) is 2.36. The van der Waals surface area contributed by atoms with Crippen LogP contribution in [-0.2, 0) is 0 Å². The quantitative estimate of drug-likeness (QED) is 0.788. The summed E-state index contributed by atoms with van der Waals surface area (Å²) in [5, 5.41) is 6.49. The van der Waals surface area contributed by atoms with Crippen LogP contribution < -0.4 is 0 Å². The Labute approximate surface area is 92.3 Å². The van der Waals surface area contributed by atoms with Gasteiger partial charge in [0.25, 0.3) is 0 Å². The Hall–Kier alpha value is -1.97. The van der Waals surface area contributed by atoms with E-state index >= 15 is 0 Å². The van der Waals surface area contributed by atoms with Crippen molar-refractivity contribution in [2.75, 3.05) is 0 Å². The van der Waals surface area contributed by atoms with Crippen molar-refractivity contribution in [1.29, 1.82) is 0 Å². The van der Waals surface area contributed by atoms with Crippen molar-refractivity contribution >= 4 is 5.78 Å². The molecule has 1 heterocycles. The molecule has 0 aliphatic heterocycles. The van der Waals surface area contributed by atoms with Gasteiger partial charge in [-0.3, -0.25) is 9.89 Å². The summed E-state index contributed by atoms with van der Waals surface area (Å²) in [4.78, 5) is 11.1. The van der Waals surface area contributed by atoms with Gasteiger partial charge in [-0.05, 0) is 30.7 Å². The van der Waals surface area contributed by atoms with Crippen LogP contribution in [0.15, 0.2) is 24.3 Å². The van der Waals surface area contributed by atoms with E-state index in [9.17, 15) is 9.18 Å². The third-order valence-electron chi connectivity index (χ3n) is 2.36. The lowest BCUT2D eigenvalue weighted by Crippen LogP contribution is -1.90. The van der Waals surface area contributed by atoms with Crippen molar-refractivity contribution < 1.29 is 9.18 Å². The highest BCUT2D eigenvalue weighted by Crippen LogP contribution is 2.22. The summed E-state index contributed by atoms with van der Waals surface area (Å²) in [5.74, 6) is -0.451. The van der Waals surface area contributed by atoms with E-state index in [-0.39, 0.29) is 11.6 Å². The van der Waals surface area contributed by atoms with Crippen LogP contribution in [0.4, 0.5) is 4.39 Å². The number of aryl methyl sites for hydroxylation is 1. The van der Waals surface area contributed by atoms with E-state index in [0.29, 0.717) is 17.0 Å². The molecule has 0 spiro atoms. The Morgan fingerprint density at radius 3 is 2.69 bits per heavy atom. The van der Waals surface area contributed by atoms with Crippen molar-refractivity contribution in [3.63, 3.8) is 0 Å². The zero-order chi connectivity index (χ0) is 11.7. The van der Waals surface area contributed by atoms with Gasteiger partial charge in [-0.2, -0.15) is 5.10 Å². The van der Waals surface area contributed by atoms with Crippen molar-refractivity contribution in [1.82, 2.24) is 10.2 Å². The number of Topliss-reactive ketones (excluding diaryl/α,β-unsaturated/α-hetero) is 1. The normalized spacial score (nSPS) is 10.4. The maximum absolute atomic E-state index is 13.6. The van der Waals surface area contributed by atoms with Crippen LogP contribution in [0.5, 0.6) is 0 Å². The smallest absolute Gasteiger partial charge is 0.177 e. The van der Waals surface area contributed by atoms with Crippen LogP contribution in [0.1, 0.15) is 23.0 Å². The number of aromatic nitrogens is 2. The van der Waals surface area contributed by atoms with Crippen LogP contribution in [0.3, 0.4) is 0 Å². The average Bonchev–Trinajstić information content (AvgIpc) is 2.66. The van der Waals surface area contributed by atoms with E-state index in [0.717, 1.165) is 5.56 Å². The number of hydrogen-bond donors (Lipinski definition) is 1. The zero-order valence-corrected chi connectivity index (χ0v) is 9.04. The molecular formula is C12H11FN2O. The Morgan fingerprint density at radius 1 is 1.38 bits per heavy atom. The Kier molecular flexibility index (Phi) is 2.56. The summed E-state index contributed by atoms with van der Waals surface area (Å²) in [6, 6.07) is 6.46. The summed E-state index contributed by atoms with van der Waals surface area (Å²) >= 11 is 0. The largest absolute Gasteiger partial charge is 0.293 e. The molecule has 0 saturated heterocycles. The standard InChI is InChI=1S/C12H11FN2O/c1-7-3-4-9(10(13)5-7)12-6-11(8(2)16)14-15-12/h3-6H,1-2H3,(H,14,15). The van der Waals surface area contributed by atoms with Crippen LogP contribution >= 0.6 is 0 Å². The van der Waals surface area contributed by atoms with Gasteiger partial charge in [0.2, 0.25) is 0 Å². The Balaban J connectivity index is 2.46. The molecule has 0 bridgehead atoms. The molecule has 0 aliphatic carbocycles. The molecule has 0 saturated carbocycles. The minimum atomic E-state index is -0.332. The molecule has 0 unspecified atom stereocenters. The minimum Gasteiger partial charge on any atom is -0.293 e. The lowest BCUT2D eigenvalue weighted by atomic mass is 10.1. The fourth-order valence-corrected chi connectivity index (χ4v) is 1.47. The zero-order valence-electron chi connectivity index (χ0n) is 9.04. The van der Waals surface area contributed by atoms with Gasteiger partial charge >= 0.3 is 0 Å². The number of carbonyl (C=O) groups excluding carboxylic acids is 1. The van der Waals surface area contributed by atoms with E-state index in [1.165, 1.54) is 13.0 Å². The number of rotatable bonds is 2. The predicted molar refractivity (Wildman–Crippen MR) is 58.7 cm³/mol. The first kappa shape index (κ1) is 10.5. The Bertz CT molecular complexity index is 546. The highest BCUT2D eigenvalue weighted by atomic mass is 19.1. The number of carbonyl (C=O) groups is 1. The average molecular weight is 218 g/mol. The number of nitrogens with one attached hydrogen (secondary N) is 1. The highest BCUT2D eigenvalue weighted by molar-refractivity contribution is 5.93. The number of ketones is 1. The van der Waals surface area contributed by atoms with Gasteiger partial charge in [0.1, 0.15) is 11.5 Å². The number of hydrogen-bond acceptors (Lipinski definition) is 2. The summed E-state index contributed by atoms with van der Waals surface area (Å²) < 4.78 is 13.6. The molecule has 3 nitrogen and oxygen atoms in total. The van der Waals surface area contributed by atoms with E-state index < -0.39 is 0 Å². The molecule has 0 atom stereocenters. The van der Waals surface area contributed by atoms with E-state index in [2.05, 4.69) is 10.2 Å². The molecule has 0 fully saturated rings. The SMILES string of the molecule is CC(=O)c1cc(-c2ccc(C)cc2F)n[nH]1. The molecule has 0 radical (unpaired) electrons. The third kappa shape index (κ3) is 1.86. The summed E-state index contributed by atoms with van der Waals surface area (Å²) in [6.45, 7) is 3.25. The molecule has 1 aromatic carbocycles. The van der Waals surface area contributed by atoms with Gasteiger partial charge in [0.05, 0.1) is 5.69 Å². The van der Waals surface area contributed by atoms with E-state index in [4.69, 9.17) is 0 Å². The molecule has 16 heavy (non-hydrogen) atoms. The van der Waals surface area contributed by atoms with Crippen LogP contribution in [0, 0.1) is 12.7 Å². The maximum Gasteiger partial charge on any atom is 0.177 e. The summed E-state index contributed by atoms with van der Waals surface area (Å²) in [7, 11) is 0. The van der Waals surface area contributed by atoms with Crippen LogP contribution in [-0.4, -0.2) is 16.0 Å². The van der Waals surface area contributed by atoms with Gasteiger partial charge in [-0.1, -0.05) is 6.07 Å². The second-order valence-electron chi connectivity index (χ2n) is 3.71. The Morgan fingerprint density at radius 2 is 2.12 bits per heavy atom. The first-order chi connectivity index (χ1) is 7.58. The lowest BCUT2D eigenvalue weighted by molar-refractivity contribution is 0.101. The number of halogens is 1. The molecule has 2 aromatic rings. The van der Waals surface area contributed by atoms with Crippen LogP contribution in [0.2, 0.25) is 0 Å². The molecule has 82 valence electrons. The number of aromatic amines is 1. The molecule has 1 aromatic heterocycles. The maximum atomic E-state index is 13.6. The monoisotopic (exact) mass is 218 g/mol. The summed E-state index contributed by atoms with van der Waals surface area (Å²) in [6.07, 6.45) is 0. The molecule has 2 rings (SSSR count). The molecule has 0 aliphatic rings. The van der Waals surface area contributed by atoms with Crippen molar-refractivity contribution in [3.8, 4) is 11.3 Å². The number of benzene rings is 1. The van der Waals surface area contributed by atoms with Gasteiger partial charge in [-0.15, -0.1) is 0 Å².